The molecule has 43 heavy (non-hydrogen) atoms. The molecule has 0 saturated heterocycles. The van der Waals surface area contributed by atoms with Crippen LogP contribution in [0.5, 0.6) is 0 Å². The standard InChI is InChI=1S/C14H14.C10H16N2.C9H18.C4H8.C2H4F2/c1-12(13-8-4-2-5-9-13)14-10-6-3-7-11-14;1-4-6-9-8(3)11-7-12-10(9)5-2;1-3-9-6-4-8(2)5-7-9;1-4(2)3;1-2(3)4/h2-12H,1H3;7H,3-6H2,1-2H3,(H,11,12);8-9H,3-7H2,1-2H3;1H2,2-3H3;2H,1H3. The molecule has 240 valence electrons. The van der Waals surface area contributed by atoms with Gasteiger partial charge in [0.1, 0.15) is 0 Å². The Bertz CT molecular complexity index is 1000. The molecule has 1 saturated carbocycles. The monoisotopic (exact) mass is 594 g/mol. The van der Waals surface area contributed by atoms with E-state index in [4.69, 9.17) is 0 Å². The van der Waals surface area contributed by atoms with Crippen molar-refractivity contribution in [2.24, 2.45) is 16.8 Å². The van der Waals surface area contributed by atoms with E-state index in [2.05, 4.69) is 119 Å². The molecule has 0 radical (unpaired) electrons. The summed E-state index contributed by atoms with van der Waals surface area (Å²) < 4.78 is 20.7. The zero-order valence-corrected chi connectivity index (χ0v) is 28.4. The third-order valence-corrected chi connectivity index (χ3v) is 7.32. The molecule has 2 aliphatic rings. The minimum Gasteiger partial charge on any atom is -0.347 e. The predicted molar refractivity (Wildman–Crippen MR) is 187 cm³/mol. The maximum Gasteiger partial charge on any atom is 0.235 e. The largest absolute Gasteiger partial charge is 0.347 e. The number of nitrogens with one attached hydrogen (secondary N) is 1. The fourth-order valence-electron chi connectivity index (χ4n) is 4.79. The molecular formula is C39H60F2N2. The normalized spacial score (nSPS) is 17.2. The summed E-state index contributed by atoms with van der Waals surface area (Å²) in [5.41, 5.74) is 7.41. The number of alkyl halides is 2. The maximum absolute atomic E-state index is 10.3. The molecule has 2 nitrogen and oxygen atoms in total. The Morgan fingerprint density at radius 1 is 0.884 bits per heavy atom. The van der Waals surface area contributed by atoms with Crippen LogP contribution in [0, 0.1) is 11.8 Å². The number of hydrogen-bond donors (Lipinski definition) is 1. The van der Waals surface area contributed by atoms with Gasteiger partial charge in [0.05, 0.1) is 6.34 Å². The molecule has 4 heteroatoms. The summed E-state index contributed by atoms with van der Waals surface area (Å²) in [6.07, 6.45) is 10.1. The highest BCUT2D eigenvalue weighted by molar-refractivity contribution is 5.64. The lowest BCUT2D eigenvalue weighted by Gasteiger charge is -2.24. The summed E-state index contributed by atoms with van der Waals surface area (Å²) in [4.78, 5) is 4.28. The number of aliphatic imine (C=N–C) groups is 1. The molecule has 4 rings (SSSR count). The number of hydrogen-bond acceptors (Lipinski definition) is 2. The van der Waals surface area contributed by atoms with E-state index in [1.807, 2.05) is 13.8 Å². The van der Waals surface area contributed by atoms with Gasteiger partial charge in [-0.1, -0.05) is 146 Å². The first kappa shape index (κ1) is 40.0. The van der Waals surface area contributed by atoms with Crippen molar-refractivity contribution in [3.05, 3.63) is 107 Å². The average Bonchev–Trinajstić information content (AvgIpc) is 2.99. The van der Waals surface area contributed by atoms with Gasteiger partial charge in [0, 0.05) is 17.3 Å². The molecule has 1 heterocycles. The van der Waals surface area contributed by atoms with Crippen molar-refractivity contribution < 1.29 is 8.78 Å². The van der Waals surface area contributed by atoms with Crippen molar-refractivity contribution in [1.29, 1.82) is 0 Å². The molecule has 0 aromatic heterocycles. The SMILES string of the molecule is C=C(C)C.C=C1NC=NC(CC)=C1CCC.CC(F)F.CC(c1ccccc1)c1ccccc1.CCC1CCC(C)CC1. The molecule has 1 N–H and O–H groups in total. The van der Waals surface area contributed by atoms with Gasteiger partial charge in [0.2, 0.25) is 6.43 Å². The molecule has 2 aromatic carbocycles. The molecule has 1 aliphatic heterocycles. The topological polar surface area (TPSA) is 24.4 Å². The summed E-state index contributed by atoms with van der Waals surface area (Å²) >= 11 is 0. The molecule has 1 fully saturated rings. The smallest absolute Gasteiger partial charge is 0.235 e. The minimum absolute atomic E-state index is 0.484. The molecule has 0 atom stereocenters. The fourth-order valence-corrected chi connectivity index (χ4v) is 4.79. The molecule has 0 amide bonds. The van der Waals surface area contributed by atoms with E-state index >= 15 is 0 Å². The quantitative estimate of drug-likeness (QED) is 0.331. The third-order valence-electron chi connectivity index (χ3n) is 7.32. The number of halogens is 2. The average molecular weight is 595 g/mol. The molecule has 0 spiro atoms. The Morgan fingerprint density at radius 2 is 1.33 bits per heavy atom. The predicted octanol–water partition coefficient (Wildman–Crippen LogP) is 12.5. The van der Waals surface area contributed by atoms with Gasteiger partial charge in [-0.2, -0.15) is 0 Å². The molecular weight excluding hydrogens is 534 g/mol. The van der Waals surface area contributed by atoms with E-state index < -0.39 is 6.43 Å². The number of allylic oxidation sites excluding steroid dienone is 3. The summed E-state index contributed by atoms with van der Waals surface area (Å²) in [6, 6.07) is 21.2. The van der Waals surface area contributed by atoms with Gasteiger partial charge < -0.3 is 5.32 Å². The van der Waals surface area contributed by atoms with E-state index in [1.54, 1.807) is 6.34 Å². The van der Waals surface area contributed by atoms with Crippen molar-refractivity contribution in [2.45, 2.75) is 119 Å². The van der Waals surface area contributed by atoms with Gasteiger partial charge in [0.15, 0.2) is 0 Å². The second-order valence-electron chi connectivity index (χ2n) is 11.7. The lowest BCUT2D eigenvalue weighted by molar-refractivity contribution is 0.171. The van der Waals surface area contributed by atoms with Crippen molar-refractivity contribution in [1.82, 2.24) is 5.32 Å². The highest BCUT2D eigenvalue weighted by Gasteiger charge is 2.15. The maximum atomic E-state index is 10.3. The molecule has 0 unspecified atom stereocenters. The Morgan fingerprint density at radius 3 is 1.70 bits per heavy atom. The molecule has 0 bridgehead atoms. The summed E-state index contributed by atoms with van der Waals surface area (Å²) in [7, 11) is 0. The van der Waals surface area contributed by atoms with Crippen LogP contribution in [-0.4, -0.2) is 12.8 Å². The van der Waals surface area contributed by atoms with Crippen LogP contribution in [0.4, 0.5) is 8.78 Å². The van der Waals surface area contributed by atoms with E-state index in [0.717, 1.165) is 43.7 Å². The number of rotatable bonds is 6. The Labute approximate surface area is 263 Å². The zero-order chi connectivity index (χ0) is 32.6. The lowest BCUT2D eigenvalue weighted by atomic mass is 9.82. The Kier molecular flexibility index (Phi) is 22.7. The summed E-state index contributed by atoms with van der Waals surface area (Å²) in [5, 5.41) is 3.04. The van der Waals surface area contributed by atoms with Crippen LogP contribution in [-0.2, 0) is 0 Å². The first-order valence-corrected chi connectivity index (χ1v) is 16.2. The summed E-state index contributed by atoms with van der Waals surface area (Å²) in [5.74, 6) is 2.58. The first-order valence-electron chi connectivity index (χ1n) is 16.2. The number of nitrogens with zero attached hydrogens (tertiary/aromatic N) is 1. The van der Waals surface area contributed by atoms with E-state index in [0.29, 0.717) is 5.92 Å². The molecule has 2 aromatic rings. The van der Waals surface area contributed by atoms with Crippen LogP contribution in [0.2, 0.25) is 0 Å². The van der Waals surface area contributed by atoms with Crippen LogP contribution >= 0.6 is 0 Å². The van der Waals surface area contributed by atoms with E-state index in [1.165, 1.54) is 60.1 Å². The van der Waals surface area contributed by atoms with E-state index in [-0.39, 0.29) is 0 Å². The van der Waals surface area contributed by atoms with E-state index in [9.17, 15) is 8.78 Å². The van der Waals surface area contributed by atoms with Crippen LogP contribution in [0.15, 0.2) is 101 Å². The third kappa shape index (κ3) is 19.7. The van der Waals surface area contributed by atoms with Crippen LogP contribution in [0.1, 0.15) is 124 Å². The summed E-state index contributed by atoms with van der Waals surface area (Å²) in [6.45, 7) is 23.5. The van der Waals surface area contributed by atoms with Crippen LogP contribution in [0.25, 0.3) is 0 Å². The second kappa shape index (κ2) is 24.4. The second-order valence-corrected chi connectivity index (χ2v) is 11.7. The molecule has 1 aliphatic carbocycles. The lowest BCUT2D eigenvalue weighted by Crippen LogP contribution is -2.17. The Hall–Kier alpha value is -3.01. The van der Waals surface area contributed by atoms with Gasteiger partial charge in [-0.25, -0.2) is 13.8 Å². The van der Waals surface area contributed by atoms with Gasteiger partial charge in [-0.05, 0) is 62.1 Å². The highest BCUT2D eigenvalue weighted by atomic mass is 19.3. The van der Waals surface area contributed by atoms with Crippen molar-refractivity contribution in [3.8, 4) is 0 Å². The van der Waals surface area contributed by atoms with Gasteiger partial charge in [-0.15, -0.1) is 6.58 Å². The zero-order valence-electron chi connectivity index (χ0n) is 28.4. The first-order chi connectivity index (χ1) is 20.5. The van der Waals surface area contributed by atoms with Crippen molar-refractivity contribution in [3.63, 3.8) is 0 Å². The van der Waals surface area contributed by atoms with Gasteiger partial charge in [0.25, 0.3) is 0 Å². The Balaban J connectivity index is 0.000000556. The van der Waals surface area contributed by atoms with Crippen LogP contribution < -0.4 is 5.32 Å². The minimum atomic E-state index is -2.17. The van der Waals surface area contributed by atoms with Crippen molar-refractivity contribution >= 4 is 6.34 Å². The van der Waals surface area contributed by atoms with Gasteiger partial charge in [-0.3, -0.25) is 0 Å². The van der Waals surface area contributed by atoms with Crippen LogP contribution in [0.3, 0.4) is 0 Å². The van der Waals surface area contributed by atoms with Gasteiger partial charge >= 0.3 is 0 Å². The fraction of sp³-hybridized carbons (Fsp3) is 0.513. The highest BCUT2D eigenvalue weighted by Crippen LogP contribution is 2.29. The number of benzene rings is 2. The van der Waals surface area contributed by atoms with Crippen molar-refractivity contribution in [2.75, 3.05) is 0 Å².